The fourth-order valence-corrected chi connectivity index (χ4v) is 8.44. The van der Waals surface area contributed by atoms with Gasteiger partial charge in [-0.3, -0.25) is 4.79 Å². The van der Waals surface area contributed by atoms with Crippen molar-refractivity contribution in [3.05, 3.63) is 60.7 Å². The first-order valence-electron chi connectivity index (χ1n) is 10.6. The van der Waals surface area contributed by atoms with Gasteiger partial charge in [-0.25, -0.2) is 4.79 Å². The molecule has 2 unspecified atom stereocenters. The number of carbonyl (C=O) groups excluding carboxylic acids is 2. The Bertz CT molecular complexity index is 888. The molecule has 0 aromatic heterocycles. The number of carbonyl (C=O) groups is 2. The summed E-state index contributed by atoms with van der Waals surface area (Å²) < 4.78 is 14.6. The van der Waals surface area contributed by atoms with Crippen molar-refractivity contribution in [2.45, 2.75) is 43.9 Å². The van der Waals surface area contributed by atoms with Gasteiger partial charge in [-0.15, -0.1) is 6.10 Å². The van der Waals surface area contributed by atoms with Gasteiger partial charge in [0.15, 0.2) is 0 Å². The van der Waals surface area contributed by atoms with E-state index < -0.39 is 30.9 Å². The number of esters is 1. The molecule has 0 radical (unpaired) electrons. The largest absolute Gasteiger partial charge is 1.00 e. The number of rotatable bonds is 6. The molecule has 166 valence electrons. The van der Waals surface area contributed by atoms with Crippen LogP contribution in [0.5, 0.6) is 0 Å². The average Bonchev–Trinajstić information content (AvgIpc) is 2.84. The van der Waals surface area contributed by atoms with Gasteiger partial charge in [0.1, 0.15) is 0 Å². The van der Waals surface area contributed by atoms with Gasteiger partial charge < -0.3 is 14.6 Å². The first kappa shape index (κ1) is 26.4. The fraction of sp³-hybridized carbons (Fsp3) is 0.417. The van der Waals surface area contributed by atoms with Crippen molar-refractivity contribution in [2.24, 2.45) is 10.7 Å². The standard InChI is InChI=1S/C24H29NO5P.Li/c1-29-23(27)22(21(26)18-12-6-3-7-13-18)31(25-24(28)30-2,19-14-8-4-9-15-19)20-16-10-5-11-17-20;/h4-5,8-11,14-18,21-22H,3,6-7,12-13H2,1-2H3;/q-1;+1. The number of benzene rings is 2. The van der Waals surface area contributed by atoms with Gasteiger partial charge in [0, 0.05) is 0 Å². The predicted octanol–water partition coefficient (Wildman–Crippen LogP) is 0.460. The van der Waals surface area contributed by atoms with Gasteiger partial charge in [-0.1, -0.05) is 98.7 Å². The minimum atomic E-state index is -3.22. The second-order valence-electron chi connectivity index (χ2n) is 7.76. The molecule has 1 aliphatic rings. The maximum Gasteiger partial charge on any atom is 1.00 e. The molecule has 1 saturated carbocycles. The molecule has 2 aromatic carbocycles. The van der Waals surface area contributed by atoms with Crippen LogP contribution in [0.4, 0.5) is 4.79 Å². The van der Waals surface area contributed by atoms with Crippen molar-refractivity contribution in [3.8, 4) is 0 Å². The van der Waals surface area contributed by atoms with Gasteiger partial charge in [0.25, 0.3) is 0 Å². The third-order valence-electron chi connectivity index (χ3n) is 5.98. The second kappa shape index (κ2) is 12.4. The molecule has 0 saturated heterocycles. The van der Waals surface area contributed by atoms with E-state index in [1.807, 2.05) is 60.7 Å². The Morgan fingerprint density at radius 2 is 1.41 bits per heavy atom. The molecule has 0 bridgehead atoms. The van der Waals surface area contributed by atoms with Gasteiger partial charge in [0.2, 0.25) is 0 Å². The van der Waals surface area contributed by atoms with Crippen LogP contribution in [0, 0.1) is 5.92 Å². The third kappa shape index (κ3) is 5.56. The number of nitrogens with zero attached hydrogens (tertiary/aromatic N) is 1. The summed E-state index contributed by atoms with van der Waals surface area (Å²) in [5, 5.41) is 15.3. The zero-order valence-electron chi connectivity index (χ0n) is 19.0. The first-order chi connectivity index (χ1) is 15.0. The van der Waals surface area contributed by atoms with Crippen LogP contribution in [-0.4, -0.2) is 38.0 Å². The molecule has 0 N–H and O–H groups in total. The van der Waals surface area contributed by atoms with Crippen LogP contribution in [0.1, 0.15) is 32.1 Å². The monoisotopic (exact) mass is 449 g/mol. The SMILES string of the molecule is COC(=O)N=P(c1ccccc1)(c1ccccc1)C(C(=O)OC)C([O-])C1CCCCC1.[Li+]. The van der Waals surface area contributed by atoms with E-state index in [0.29, 0.717) is 10.6 Å². The quantitative estimate of drug-likeness (QED) is 0.363. The Kier molecular flexibility index (Phi) is 10.3. The van der Waals surface area contributed by atoms with E-state index in [-0.39, 0.29) is 24.8 Å². The molecule has 0 spiro atoms. The van der Waals surface area contributed by atoms with Crippen LogP contribution in [-0.2, 0) is 14.3 Å². The summed E-state index contributed by atoms with van der Waals surface area (Å²) >= 11 is 0. The third-order valence-corrected chi connectivity index (χ3v) is 9.94. The summed E-state index contributed by atoms with van der Waals surface area (Å²) in [7, 11) is -0.683. The van der Waals surface area contributed by atoms with Crippen molar-refractivity contribution in [1.29, 1.82) is 0 Å². The molecule has 1 fully saturated rings. The maximum atomic E-state index is 14.0. The number of hydrogen-bond acceptors (Lipinski definition) is 5. The first-order valence-corrected chi connectivity index (χ1v) is 12.4. The molecule has 32 heavy (non-hydrogen) atoms. The Labute approximate surface area is 201 Å². The summed E-state index contributed by atoms with van der Waals surface area (Å²) in [5.41, 5.74) is -1.12. The Morgan fingerprint density at radius 3 is 1.84 bits per heavy atom. The zero-order chi connectivity index (χ0) is 22.3. The van der Waals surface area contributed by atoms with E-state index >= 15 is 0 Å². The van der Waals surface area contributed by atoms with Crippen LogP contribution >= 0.6 is 7.05 Å². The fourth-order valence-electron chi connectivity index (χ4n) is 4.47. The van der Waals surface area contributed by atoms with E-state index in [2.05, 4.69) is 4.74 Å². The van der Waals surface area contributed by atoms with Crippen LogP contribution in [0.2, 0.25) is 0 Å². The number of methoxy groups -OCH3 is 2. The zero-order valence-corrected chi connectivity index (χ0v) is 19.9. The summed E-state index contributed by atoms with van der Waals surface area (Å²) in [6.07, 6.45) is 2.52. The van der Waals surface area contributed by atoms with Gasteiger partial charge >= 0.3 is 30.9 Å². The summed E-state index contributed by atoms with van der Waals surface area (Å²) in [5.74, 6) is -0.795. The van der Waals surface area contributed by atoms with Crippen molar-refractivity contribution in [2.75, 3.05) is 14.2 Å². The van der Waals surface area contributed by atoms with E-state index in [1.165, 1.54) is 14.2 Å². The summed E-state index contributed by atoms with van der Waals surface area (Å²) in [4.78, 5) is 25.8. The Hall–Kier alpha value is -1.83. The van der Waals surface area contributed by atoms with E-state index in [9.17, 15) is 14.7 Å². The van der Waals surface area contributed by atoms with E-state index in [4.69, 9.17) is 9.47 Å². The van der Waals surface area contributed by atoms with E-state index in [0.717, 1.165) is 32.1 Å². The molecule has 3 rings (SSSR count). The minimum Gasteiger partial charge on any atom is -0.851 e. The number of hydrogen-bond donors (Lipinski definition) is 0. The molecular weight excluding hydrogens is 420 g/mol. The normalized spacial score (nSPS) is 16.2. The average molecular weight is 449 g/mol. The topological polar surface area (TPSA) is 88.0 Å². The van der Waals surface area contributed by atoms with Crippen molar-refractivity contribution in [1.82, 2.24) is 0 Å². The van der Waals surface area contributed by atoms with Gasteiger partial charge in [-0.05, 0) is 10.6 Å². The Morgan fingerprint density at radius 1 is 0.906 bits per heavy atom. The van der Waals surface area contributed by atoms with Crippen molar-refractivity contribution < 1.29 is 43.0 Å². The second-order valence-corrected chi connectivity index (χ2v) is 10.9. The predicted molar refractivity (Wildman–Crippen MR) is 120 cm³/mol. The van der Waals surface area contributed by atoms with E-state index in [1.54, 1.807) is 0 Å². The van der Waals surface area contributed by atoms with Gasteiger partial charge in [-0.2, -0.15) is 4.74 Å². The molecule has 0 heterocycles. The van der Waals surface area contributed by atoms with Crippen LogP contribution < -0.4 is 34.6 Å². The molecule has 0 aliphatic heterocycles. The Balaban J connectivity index is 0.00000363. The van der Waals surface area contributed by atoms with Crippen LogP contribution in [0.3, 0.4) is 0 Å². The van der Waals surface area contributed by atoms with Crippen molar-refractivity contribution >= 4 is 29.7 Å². The summed E-state index contributed by atoms with van der Waals surface area (Å²) in [6.45, 7) is 0. The van der Waals surface area contributed by atoms with Crippen molar-refractivity contribution in [3.63, 3.8) is 0 Å². The van der Waals surface area contributed by atoms with Crippen LogP contribution in [0.15, 0.2) is 65.4 Å². The summed E-state index contributed by atoms with van der Waals surface area (Å²) in [6, 6.07) is 18.3. The number of amides is 1. The molecule has 6 nitrogen and oxygen atoms in total. The molecule has 1 amide bonds. The molecule has 8 heteroatoms. The molecular formula is C24H29LiNO5P. The minimum absolute atomic E-state index is 0. The van der Waals surface area contributed by atoms with Crippen LogP contribution in [0.25, 0.3) is 0 Å². The molecule has 2 atom stereocenters. The maximum absolute atomic E-state index is 14.0. The number of ether oxygens (including phenoxy) is 2. The smallest absolute Gasteiger partial charge is 0.851 e. The molecule has 2 aromatic rings. The molecule has 1 aliphatic carbocycles. The van der Waals surface area contributed by atoms with Gasteiger partial charge in [0.05, 0.1) is 26.9 Å².